The Hall–Kier alpha value is -0.860. The van der Waals surface area contributed by atoms with Crippen molar-refractivity contribution in [1.29, 1.82) is 0 Å². The molecule has 28 heavy (non-hydrogen) atoms. The Labute approximate surface area is 188 Å². The van der Waals surface area contributed by atoms with Crippen molar-refractivity contribution in [2.75, 3.05) is 46.8 Å². The van der Waals surface area contributed by atoms with Gasteiger partial charge in [0.05, 0.1) is 0 Å². The van der Waals surface area contributed by atoms with Crippen LogP contribution in [0.2, 0.25) is 0 Å². The number of nitrogens with one attached hydrogen (secondary N) is 2. The SMILES string of the molecule is CN=C(NCc1ccccc1C)NCC1(N2CCCCC2)CCN(C)CC1.I. The number of rotatable bonds is 5. The van der Waals surface area contributed by atoms with E-state index in [2.05, 4.69) is 63.7 Å². The number of likely N-dealkylation sites (tertiary alicyclic amines) is 2. The second-order valence-corrected chi connectivity index (χ2v) is 8.28. The van der Waals surface area contributed by atoms with Gasteiger partial charge in [-0.3, -0.25) is 9.89 Å². The summed E-state index contributed by atoms with van der Waals surface area (Å²) in [5, 5.41) is 7.17. The quantitative estimate of drug-likeness (QED) is 0.371. The van der Waals surface area contributed by atoms with E-state index in [9.17, 15) is 0 Å². The van der Waals surface area contributed by atoms with E-state index in [1.165, 1.54) is 69.4 Å². The lowest BCUT2D eigenvalue weighted by atomic mass is 9.84. The van der Waals surface area contributed by atoms with E-state index < -0.39 is 0 Å². The first-order valence-electron chi connectivity index (χ1n) is 10.6. The predicted octanol–water partition coefficient (Wildman–Crippen LogP) is 3.23. The van der Waals surface area contributed by atoms with Gasteiger partial charge < -0.3 is 15.5 Å². The van der Waals surface area contributed by atoms with Gasteiger partial charge in [-0.2, -0.15) is 0 Å². The van der Waals surface area contributed by atoms with Gasteiger partial charge >= 0.3 is 0 Å². The lowest BCUT2D eigenvalue weighted by Crippen LogP contribution is -2.62. The highest BCUT2D eigenvalue weighted by Crippen LogP contribution is 2.30. The number of halogens is 1. The summed E-state index contributed by atoms with van der Waals surface area (Å²) in [7, 11) is 4.12. The monoisotopic (exact) mass is 499 g/mol. The first-order chi connectivity index (χ1) is 13.1. The van der Waals surface area contributed by atoms with Gasteiger partial charge in [0.25, 0.3) is 0 Å². The second kappa shape index (κ2) is 11.4. The van der Waals surface area contributed by atoms with Gasteiger partial charge in [0.15, 0.2) is 5.96 Å². The summed E-state index contributed by atoms with van der Waals surface area (Å²) in [6.07, 6.45) is 6.56. The lowest BCUT2D eigenvalue weighted by Gasteiger charge is -2.50. The van der Waals surface area contributed by atoms with Gasteiger partial charge in [-0.25, -0.2) is 0 Å². The Morgan fingerprint density at radius 3 is 2.36 bits per heavy atom. The van der Waals surface area contributed by atoms with E-state index in [4.69, 9.17) is 0 Å². The number of nitrogens with zero attached hydrogens (tertiary/aromatic N) is 3. The third-order valence-electron chi connectivity index (χ3n) is 6.46. The van der Waals surface area contributed by atoms with E-state index in [0.29, 0.717) is 0 Å². The van der Waals surface area contributed by atoms with E-state index in [-0.39, 0.29) is 29.5 Å². The lowest BCUT2D eigenvalue weighted by molar-refractivity contribution is 0.0173. The molecule has 2 heterocycles. The van der Waals surface area contributed by atoms with Gasteiger partial charge in [-0.15, -0.1) is 24.0 Å². The predicted molar refractivity (Wildman–Crippen MR) is 130 cm³/mol. The zero-order valence-corrected chi connectivity index (χ0v) is 20.2. The number of aliphatic imine (C=N–C) groups is 1. The van der Waals surface area contributed by atoms with E-state index >= 15 is 0 Å². The molecule has 0 aromatic heterocycles. The molecular formula is C22H38IN5. The van der Waals surface area contributed by atoms with Crippen molar-refractivity contribution in [2.45, 2.75) is 51.1 Å². The van der Waals surface area contributed by atoms with Crippen LogP contribution < -0.4 is 10.6 Å². The molecule has 2 aliphatic rings. The third kappa shape index (κ3) is 6.07. The zero-order valence-electron chi connectivity index (χ0n) is 17.8. The maximum Gasteiger partial charge on any atom is 0.191 e. The van der Waals surface area contributed by atoms with Crippen molar-refractivity contribution in [3.63, 3.8) is 0 Å². The molecule has 0 aliphatic carbocycles. The maximum absolute atomic E-state index is 4.47. The molecule has 2 saturated heterocycles. The van der Waals surface area contributed by atoms with Crippen LogP contribution >= 0.6 is 24.0 Å². The van der Waals surface area contributed by atoms with Crippen molar-refractivity contribution in [1.82, 2.24) is 20.4 Å². The molecule has 0 amide bonds. The molecule has 1 aromatic rings. The number of aryl methyl sites for hydroxylation is 1. The average Bonchev–Trinajstić information content (AvgIpc) is 2.71. The Kier molecular flexibility index (Phi) is 9.50. The molecule has 5 nitrogen and oxygen atoms in total. The van der Waals surface area contributed by atoms with Crippen molar-refractivity contribution in [3.8, 4) is 0 Å². The molecule has 1 aromatic carbocycles. The molecule has 6 heteroatoms. The van der Waals surface area contributed by atoms with Crippen LogP contribution in [0, 0.1) is 6.92 Å². The van der Waals surface area contributed by atoms with Crippen molar-refractivity contribution in [3.05, 3.63) is 35.4 Å². The minimum absolute atomic E-state index is 0. The first-order valence-corrected chi connectivity index (χ1v) is 10.6. The molecule has 2 fully saturated rings. The summed E-state index contributed by atoms with van der Waals surface area (Å²) < 4.78 is 0. The van der Waals surface area contributed by atoms with E-state index in [1.54, 1.807) is 0 Å². The summed E-state index contributed by atoms with van der Waals surface area (Å²) >= 11 is 0. The van der Waals surface area contributed by atoms with Crippen LogP contribution in [0.4, 0.5) is 0 Å². The standard InChI is InChI=1S/C22H37N5.HI/c1-19-9-5-6-10-20(19)17-24-21(23-2)25-18-22(11-15-26(3)16-12-22)27-13-7-4-8-14-27;/h5-6,9-10H,4,7-8,11-18H2,1-3H3,(H2,23,24,25);1H. The fourth-order valence-corrected chi connectivity index (χ4v) is 4.46. The number of guanidine groups is 1. The molecule has 0 saturated carbocycles. The first kappa shape index (κ1) is 23.4. The normalized spacial score (nSPS) is 21.0. The average molecular weight is 499 g/mol. The number of piperidine rings is 2. The van der Waals surface area contributed by atoms with E-state index in [0.717, 1.165) is 19.0 Å². The molecule has 158 valence electrons. The molecule has 0 bridgehead atoms. The Balaban J connectivity index is 0.00000280. The van der Waals surface area contributed by atoms with Crippen LogP contribution in [0.5, 0.6) is 0 Å². The zero-order chi connectivity index (χ0) is 19.1. The number of benzene rings is 1. The Morgan fingerprint density at radius 1 is 1.04 bits per heavy atom. The molecule has 3 rings (SSSR count). The van der Waals surface area contributed by atoms with Crippen molar-refractivity contribution < 1.29 is 0 Å². The molecule has 2 aliphatic heterocycles. The van der Waals surface area contributed by atoms with Crippen molar-refractivity contribution in [2.24, 2.45) is 4.99 Å². The Bertz CT molecular complexity index is 619. The smallest absolute Gasteiger partial charge is 0.191 e. The second-order valence-electron chi connectivity index (χ2n) is 8.28. The van der Waals surface area contributed by atoms with Gasteiger partial charge in [-0.05, 0) is 77.0 Å². The summed E-state index contributed by atoms with van der Waals surface area (Å²) in [5.41, 5.74) is 2.92. The van der Waals surface area contributed by atoms with Crippen LogP contribution in [0.1, 0.15) is 43.2 Å². The van der Waals surface area contributed by atoms with Gasteiger partial charge in [0.2, 0.25) is 0 Å². The summed E-state index contributed by atoms with van der Waals surface area (Å²) in [6, 6.07) is 8.54. The van der Waals surface area contributed by atoms with Crippen LogP contribution in [0.15, 0.2) is 29.3 Å². The fourth-order valence-electron chi connectivity index (χ4n) is 4.46. The Morgan fingerprint density at radius 2 is 1.71 bits per heavy atom. The minimum Gasteiger partial charge on any atom is -0.355 e. The highest BCUT2D eigenvalue weighted by Gasteiger charge is 2.39. The number of hydrogen-bond acceptors (Lipinski definition) is 3. The maximum atomic E-state index is 4.47. The summed E-state index contributed by atoms with van der Waals surface area (Å²) in [5.74, 6) is 0.911. The van der Waals surface area contributed by atoms with Gasteiger partial charge in [-0.1, -0.05) is 30.7 Å². The topological polar surface area (TPSA) is 42.9 Å². The van der Waals surface area contributed by atoms with Crippen LogP contribution in [-0.2, 0) is 6.54 Å². The highest BCUT2D eigenvalue weighted by molar-refractivity contribution is 14.0. The van der Waals surface area contributed by atoms with Crippen molar-refractivity contribution >= 4 is 29.9 Å². The molecule has 0 atom stereocenters. The largest absolute Gasteiger partial charge is 0.355 e. The highest BCUT2D eigenvalue weighted by atomic mass is 127. The fraction of sp³-hybridized carbons (Fsp3) is 0.682. The number of hydrogen-bond donors (Lipinski definition) is 2. The molecule has 0 radical (unpaired) electrons. The van der Waals surface area contributed by atoms with Gasteiger partial charge in [0.1, 0.15) is 0 Å². The molecular weight excluding hydrogens is 461 g/mol. The summed E-state index contributed by atoms with van der Waals surface area (Å²) in [6.45, 7) is 8.83. The summed E-state index contributed by atoms with van der Waals surface area (Å²) in [4.78, 5) is 9.71. The molecule has 2 N–H and O–H groups in total. The molecule has 0 spiro atoms. The van der Waals surface area contributed by atoms with Crippen LogP contribution in [0.3, 0.4) is 0 Å². The van der Waals surface area contributed by atoms with E-state index in [1.807, 2.05) is 7.05 Å². The molecule has 0 unspecified atom stereocenters. The minimum atomic E-state index is 0. The third-order valence-corrected chi connectivity index (χ3v) is 6.46. The van der Waals surface area contributed by atoms with Crippen LogP contribution in [-0.4, -0.2) is 68.1 Å². The van der Waals surface area contributed by atoms with Crippen LogP contribution in [0.25, 0.3) is 0 Å². The van der Waals surface area contributed by atoms with Gasteiger partial charge in [0, 0.05) is 25.7 Å².